The molecule has 26 heavy (non-hydrogen) atoms. The number of carboxylic acid groups (broad SMARTS) is 1. The fourth-order valence-electron chi connectivity index (χ4n) is 4.47. The zero-order valence-corrected chi connectivity index (χ0v) is 14.9. The normalized spacial score (nSPS) is 24.8. The summed E-state index contributed by atoms with van der Waals surface area (Å²) in [5, 5.41) is 9.20. The largest absolute Gasteiger partial charge is 0.481 e. The van der Waals surface area contributed by atoms with Crippen LogP contribution in [-0.4, -0.2) is 75.8 Å². The molecule has 0 aromatic heterocycles. The minimum absolute atomic E-state index is 0.00661. The topological polar surface area (TPSA) is 98.2 Å². The number of aliphatic carboxylic acids is 1. The highest BCUT2D eigenvalue weighted by atomic mass is 16.4. The lowest BCUT2D eigenvalue weighted by Crippen LogP contribution is -2.55. The Morgan fingerprint density at radius 2 is 1.88 bits per heavy atom. The summed E-state index contributed by atoms with van der Waals surface area (Å²) in [6, 6.07) is -0.968. The summed E-state index contributed by atoms with van der Waals surface area (Å²) >= 11 is 0. The van der Waals surface area contributed by atoms with Crippen LogP contribution in [0.5, 0.6) is 0 Å². The molecular weight excluding hydrogens is 338 g/mol. The van der Waals surface area contributed by atoms with Crippen molar-refractivity contribution in [3.05, 3.63) is 12.7 Å². The lowest BCUT2D eigenvalue weighted by Gasteiger charge is -2.37. The van der Waals surface area contributed by atoms with Gasteiger partial charge in [-0.15, -0.1) is 6.58 Å². The molecule has 8 nitrogen and oxygen atoms in total. The highest BCUT2D eigenvalue weighted by molar-refractivity contribution is 6.05. The van der Waals surface area contributed by atoms with Crippen molar-refractivity contribution in [1.29, 1.82) is 0 Å². The van der Waals surface area contributed by atoms with Gasteiger partial charge in [-0.25, -0.2) is 4.79 Å². The van der Waals surface area contributed by atoms with Gasteiger partial charge in [0.2, 0.25) is 5.91 Å². The number of fused-ring (bicyclic) bond motifs is 1. The van der Waals surface area contributed by atoms with Crippen molar-refractivity contribution in [2.24, 2.45) is 5.41 Å². The number of imide groups is 1. The standard InChI is InChI=1S/C18H25N3O5/c1-2-7-21-16(25)13-12-19(8-9-20(13)17(21)26)14(22)10-18(11-15(23)24)5-3-4-6-18/h2,13H,1,3-12H2,(H,23,24)/t13-/m0/s1. The molecule has 1 aliphatic carbocycles. The van der Waals surface area contributed by atoms with Crippen molar-refractivity contribution in [2.45, 2.75) is 44.6 Å². The van der Waals surface area contributed by atoms with E-state index in [4.69, 9.17) is 0 Å². The maximum atomic E-state index is 12.8. The van der Waals surface area contributed by atoms with E-state index in [1.807, 2.05) is 0 Å². The van der Waals surface area contributed by atoms with Gasteiger partial charge in [-0.1, -0.05) is 18.9 Å². The van der Waals surface area contributed by atoms with Gasteiger partial charge in [-0.3, -0.25) is 19.3 Å². The van der Waals surface area contributed by atoms with Gasteiger partial charge >= 0.3 is 12.0 Å². The van der Waals surface area contributed by atoms with E-state index in [1.54, 1.807) is 4.90 Å². The third-order valence-corrected chi connectivity index (χ3v) is 5.79. The maximum absolute atomic E-state index is 12.8. The minimum Gasteiger partial charge on any atom is -0.481 e. The lowest BCUT2D eigenvalue weighted by molar-refractivity contribution is -0.142. The summed E-state index contributed by atoms with van der Waals surface area (Å²) in [4.78, 5) is 53.1. The Hall–Kier alpha value is -2.38. The van der Waals surface area contributed by atoms with Crippen molar-refractivity contribution in [1.82, 2.24) is 14.7 Å². The first-order valence-electron chi connectivity index (χ1n) is 9.09. The molecule has 1 N–H and O–H groups in total. The van der Waals surface area contributed by atoms with Gasteiger partial charge < -0.3 is 14.9 Å². The van der Waals surface area contributed by atoms with Crippen LogP contribution in [0.25, 0.3) is 0 Å². The molecule has 1 saturated carbocycles. The molecule has 3 rings (SSSR count). The summed E-state index contributed by atoms with van der Waals surface area (Å²) in [6.45, 7) is 4.61. The molecule has 1 atom stereocenters. The maximum Gasteiger partial charge on any atom is 0.327 e. The Bertz CT molecular complexity index is 641. The van der Waals surface area contributed by atoms with E-state index >= 15 is 0 Å². The van der Waals surface area contributed by atoms with E-state index in [1.165, 1.54) is 11.0 Å². The molecule has 0 aromatic carbocycles. The average molecular weight is 363 g/mol. The molecule has 0 radical (unpaired) electrons. The van der Waals surface area contributed by atoms with Crippen LogP contribution >= 0.6 is 0 Å². The Labute approximate surface area is 152 Å². The second-order valence-corrected chi connectivity index (χ2v) is 7.52. The van der Waals surface area contributed by atoms with Crippen molar-refractivity contribution >= 4 is 23.8 Å². The predicted molar refractivity (Wildman–Crippen MR) is 92.2 cm³/mol. The quantitative estimate of drug-likeness (QED) is 0.562. The van der Waals surface area contributed by atoms with E-state index in [-0.39, 0.29) is 43.8 Å². The van der Waals surface area contributed by atoms with Gasteiger partial charge in [-0.05, 0) is 18.3 Å². The van der Waals surface area contributed by atoms with Crippen LogP contribution in [0, 0.1) is 5.41 Å². The molecule has 4 amide bonds. The number of hydrogen-bond donors (Lipinski definition) is 1. The van der Waals surface area contributed by atoms with Crippen molar-refractivity contribution in [2.75, 3.05) is 26.2 Å². The fraction of sp³-hybridized carbons (Fsp3) is 0.667. The van der Waals surface area contributed by atoms with Crippen molar-refractivity contribution in [3.63, 3.8) is 0 Å². The zero-order chi connectivity index (χ0) is 18.9. The van der Waals surface area contributed by atoms with Gasteiger partial charge in [0.25, 0.3) is 5.91 Å². The lowest BCUT2D eigenvalue weighted by atomic mass is 9.79. The predicted octanol–water partition coefficient (Wildman–Crippen LogP) is 1.07. The van der Waals surface area contributed by atoms with Crippen LogP contribution in [0.3, 0.4) is 0 Å². The number of amides is 4. The molecule has 3 aliphatic rings. The van der Waals surface area contributed by atoms with Crippen LogP contribution in [-0.2, 0) is 14.4 Å². The van der Waals surface area contributed by atoms with Crippen LogP contribution in [0.1, 0.15) is 38.5 Å². The van der Waals surface area contributed by atoms with Crippen LogP contribution < -0.4 is 0 Å². The number of hydrogen-bond acceptors (Lipinski definition) is 4. The van der Waals surface area contributed by atoms with Gasteiger partial charge in [-0.2, -0.15) is 0 Å². The second kappa shape index (κ2) is 7.09. The monoisotopic (exact) mass is 363 g/mol. The summed E-state index contributed by atoms with van der Waals surface area (Å²) in [5.74, 6) is -1.29. The van der Waals surface area contributed by atoms with E-state index in [0.717, 1.165) is 30.6 Å². The highest BCUT2D eigenvalue weighted by Crippen LogP contribution is 2.44. The number of rotatable bonds is 6. The van der Waals surface area contributed by atoms with Crippen LogP contribution in [0.2, 0.25) is 0 Å². The van der Waals surface area contributed by atoms with Crippen molar-refractivity contribution < 1.29 is 24.3 Å². The molecule has 3 fully saturated rings. The van der Waals surface area contributed by atoms with E-state index in [0.29, 0.717) is 13.1 Å². The molecule has 8 heteroatoms. The van der Waals surface area contributed by atoms with Gasteiger partial charge in [0, 0.05) is 26.1 Å². The Kier molecular flexibility index (Phi) is 5.02. The van der Waals surface area contributed by atoms with Crippen LogP contribution in [0.4, 0.5) is 4.79 Å². The first-order valence-corrected chi connectivity index (χ1v) is 9.09. The molecule has 2 saturated heterocycles. The Balaban J connectivity index is 1.67. The Morgan fingerprint density at radius 1 is 1.19 bits per heavy atom. The minimum atomic E-state index is -0.874. The first kappa shape index (κ1) is 18.4. The van der Waals surface area contributed by atoms with Crippen LogP contribution in [0.15, 0.2) is 12.7 Å². The third-order valence-electron chi connectivity index (χ3n) is 5.79. The summed E-state index contributed by atoms with van der Waals surface area (Å²) in [5.41, 5.74) is -0.468. The molecular formula is C18H25N3O5. The van der Waals surface area contributed by atoms with E-state index in [2.05, 4.69) is 6.58 Å². The van der Waals surface area contributed by atoms with E-state index in [9.17, 15) is 24.3 Å². The number of piperazine rings is 1. The number of carboxylic acids is 1. The second-order valence-electron chi connectivity index (χ2n) is 7.52. The number of carbonyl (C=O) groups is 4. The molecule has 2 aliphatic heterocycles. The third kappa shape index (κ3) is 3.32. The van der Waals surface area contributed by atoms with E-state index < -0.39 is 17.4 Å². The number of carbonyl (C=O) groups excluding carboxylic acids is 3. The molecule has 142 valence electrons. The zero-order valence-electron chi connectivity index (χ0n) is 14.9. The molecule has 2 heterocycles. The number of urea groups is 1. The summed E-state index contributed by atoms with van der Waals surface area (Å²) in [7, 11) is 0. The van der Waals surface area contributed by atoms with Gasteiger partial charge in [0.15, 0.2) is 0 Å². The number of nitrogens with zero attached hydrogens (tertiary/aromatic N) is 3. The highest BCUT2D eigenvalue weighted by Gasteiger charge is 2.48. The molecule has 0 aromatic rings. The fourth-order valence-corrected chi connectivity index (χ4v) is 4.47. The smallest absolute Gasteiger partial charge is 0.327 e. The van der Waals surface area contributed by atoms with Gasteiger partial charge in [0.05, 0.1) is 13.0 Å². The first-order chi connectivity index (χ1) is 12.4. The van der Waals surface area contributed by atoms with Gasteiger partial charge in [0.1, 0.15) is 6.04 Å². The van der Waals surface area contributed by atoms with Crippen molar-refractivity contribution in [3.8, 4) is 0 Å². The molecule has 0 bridgehead atoms. The average Bonchev–Trinajstić information content (AvgIpc) is 3.13. The summed E-state index contributed by atoms with van der Waals surface area (Å²) in [6.07, 6.45) is 5.10. The summed E-state index contributed by atoms with van der Waals surface area (Å²) < 4.78 is 0. The Morgan fingerprint density at radius 3 is 2.50 bits per heavy atom. The molecule has 0 spiro atoms. The molecule has 0 unspecified atom stereocenters. The SMILES string of the molecule is C=CCN1C(=O)[C@@H]2CN(C(=O)CC3(CC(=O)O)CCCC3)CCN2C1=O.